The summed E-state index contributed by atoms with van der Waals surface area (Å²) < 4.78 is 1.87. The highest BCUT2D eigenvalue weighted by Gasteiger charge is 2.08. The molecule has 4 nitrogen and oxygen atoms in total. The van der Waals surface area contributed by atoms with Crippen LogP contribution in [0.2, 0.25) is 0 Å². The van der Waals surface area contributed by atoms with E-state index >= 15 is 0 Å². The summed E-state index contributed by atoms with van der Waals surface area (Å²) in [7, 11) is 0. The van der Waals surface area contributed by atoms with Crippen LogP contribution in [0.3, 0.4) is 0 Å². The second-order valence-corrected chi connectivity index (χ2v) is 6.05. The number of hydrogen-bond donors (Lipinski definition) is 0. The number of rotatable bonds is 8. The molecule has 0 bridgehead atoms. The van der Waals surface area contributed by atoms with Crippen molar-refractivity contribution in [1.29, 1.82) is 0 Å². The summed E-state index contributed by atoms with van der Waals surface area (Å²) in [5, 5.41) is 4.29. The van der Waals surface area contributed by atoms with Crippen molar-refractivity contribution >= 4 is 5.84 Å². The van der Waals surface area contributed by atoms with Gasteiger partial charge in [-0.25, -0.2) is 4.98 Å². The zero-order valence-corrected chi connectivity index (χ0v) is 14.4. The molecule has 23 heavy (non-hydrogen) atoms. The fourth-order valence-corrected chi connectivity index (χ4v) is 2.37. The van der Waals surface area contributed by atoms with Crippen molar-refractivity contribution < 1.29 is 4.84 Å². The number of aromatic nitrogens is 2. The van der Waals surface area contributed by atoms with Crippen molar-refractivity contribution in [3.8, 4) is 0 Å². The topological polar surface area (TPSA) is 39.4 Å². The van der Waals surface area contributed by atoms with Crippen LogP contribution in [0.4, 0.5) is 0 Å². The average molecular weight is 313 g/mol. The molecule has 0 fully saturated rings. The molecule has 0 saturated heterocycles. The third-order valence-electron chi connectivity index (χ3n) is 3.63. The highest BCUT2D eigenvalue weighted by molar-refractivity contribution is 5.99. The van der Waals surface area contributed by atoms with E-state index in [1.807, 2.05) is 24.6 Å². The summed E-state index contributed by atoms with van der Waals surface area (Å²) in [4.78, 5) is 9.54. The van der Waals surface area contributed by atoms with E-state index in [1.54, 1.807) is 12.5 Å². The highest BCUT2D eigenvalue weighted by atomic mass is 16.6. The summed E-state index contributed by atoms with van der Waals surface area (Å²) in [6.45, 7) is 6.17. The SMILES string of the molecule is CCCCCCc1ccc(C(=NOC(C)C)n2ccnc2)cc1. The third kappa shape index (κ3) is 5.55. The van der Waals surface area contributed by atoms with Crippen LogP contribution in [0.1, 0.15) is 57.6 Å². The number of imidazole rings is 1. The summed E-state index contributed by atoms with van der Waals surface area (Å²) in [6, 6.07) is 8.58. The van der Waals surface area contributed by atoms with Gasteiger partial charge in [0.15, 0.2) is 5.84 Å². The fraction of sp³-hybridized carbons (Fsp3) is 0.474. The van der Waals surface area contributed by atoms with Gasteiger partial charge < -0.3 is 4.84 Å². The summed E-state index contributed by atoms with van der Waals surface area (Å²) in [6.07, 6.45) is 11.7. The van der Waals surface area contributed by atoms with Gasteiger partial charge in [-0.05, 0) is 32.3 Å². The van der Waals surface area contributed by atoms with Gasteiger partial charge in [0, 0.05) is 18.0 Å². The lowest BCUT2D eigenvalue weighted by atomic mass is 10.0. The van der Waals surface area contributed by atoms with Crippen molar-refractivity contribution in [3.05, 3.63) is 54.1 Å². The van der Waals surface area contributed by atoms with Gasteiger partial charge in [0.2, 0.25) is 0 Å². The molecule has 1 heterocycles. The molecule has 0 aliphatic heterocycles. The number of unbranched alkanes of at least 4 members (excludes halogenated alkanes) is 3. The van der Waals surface area contributed by atoms with E-state index in [9.17, 15) is 0 Å². The lowest BCUT2D eigenvalue weighted by molar-refractivity contribution is 0.0853. The van der Waals surface area contributed by atoms with E-state index in [4.69, 9.17) is 4.84 Å². The van der Waals surface area contributed by atoms with Gasteiger partial charge in [0.25, 0.3) is 0 Å². The van der Waals surface area contributed by atoms with Crippen molar-refractivity contribution in [1.82, 2.24) is 9.55 Å². The van der Waals surface area contributed by atoms with Crippen LogP contribution >= 0.6 is 0 Å². The molecule has 0 unspecified atom stereocenters. The van der Waals surface area contributed by atoms with Gasteiger partial charge in [0.1, 0.15) is 12.4 Å². The molecular formula is C19H27N3O. The predicted molar refractivity (Wildman–Crippen MR) is 94.7 cm³/mol. The summed E-state index contributed by atoms with van der Waals surface area (Å²) >= 11 is 0. The minimum absolute atomic E-state index is 0.0476. The van der Waals surface area contributed by atoms with Crippen LogP contribution in [-0.4, -0.2) is 21.5 Å². The molecular weight excluding hydrogens is 286 g/mol. The standard InChI is InChI=1S/C19H27N3O/c1-4-5-6-7-8-17-9-11-18(12-10-17)19(21-23-16(2)3)22-14-13-20-15-22/h9-16H,4-8H2,1-3H3. The van der Waals surface area contributed by atoms with E-state index in [1.165, 1.54) is 31.2 Å². The van der Waals surface area contributed by atoms with Crippen LogP contribution in [0, 0.1) is 0 Å². The van der Waals surface area contributed by atoms with Gasteiger partial charge >= 0.3 is 0 Å². The Kier molecular flexibility index (Phi) is 6.85. The molecule has 124 valence electrons. The van der Waals surface area contributed by atoms with Gasteiger partial charge in [-0.2, -0.15) is 0 Å². The molecule has 1 aromatic heterocycles. The summed E-state index contributed by atoms with van der Waals surface area (Å²) in [5.74, 6) is 0.758. The molecule has 0 spiro atoms. The quantitative estimate of drug-likeness (QED) is 0.308. The van der Waals surface area contributed by atoms with E-state index in [0.717, 1.165) is 17.8 Å². The molecule has 1 aromatic carbocycles. The molecule has 4 heteroatoms. The van der Waals surface area contributed by atoms with E-state index < -0.39 is 0 Å². The Labute approximate surface area is 139 Å². The van der Waals surface area contributed by atoms with E-state index in [2.05, 4.69) is 41.3 Å². The van der Waals surface area contributed by atoms with Crippen molar-refractivity contribution in [3.63, 3.8) is 0 Å². The van der Waals surface area contributed by atoms with E-state index in [0.29, 0.717) is 0 Å². The maximum Gasteiger partial charge on any atom is 0.184 e. The number of oxime groups is 1. The molecule has 0 radical (unpaired) electrons. The lowest BCUT2D eigenvalue weighted by Crippen LogP contribution is -2.13. The molecule has 0 aliphatic rings. The molecule has 0 saturated carbocycles. The Morgan fingerprint density at radius 3 is 2.57 bits per heavy atom. The highest BCUT2D eigenvalue weighted by Crippen LogP contribution is 2.12. The van der Waals surface area contributed by atoms with Gasteiger partial charge in [-0.1, -0.05) is 55.6 Å². The second-order valence-electron chi connectivity index (χ2n) is 6.05. The smallest absolute Gasteiger partial charge is 0.184 e. The zero-order chi connectivity index (χ0) is 16.5. The molecule has 2 aromatic rings. The Hall–Kier alpha value is -2.10. The number of benzene rings is 1. The number of hydrogen-bond acceptors (Lipinski definition) is 3. The fourth-order valence-electron chi connectivity index (χ4n) is 2.37. The van der Waals surface area contributed by atoms with Gasteiger partial charge in [0.05, 0.1) is 0 Å². The zero-order valence-electron chi connectivity index (χ0n) is 14.4. The Bertz CT molecular complexity index is 586. The van der Waals surface area contributed by atoms with Crippen molar-refractivity contribution in [2.75, 3.05) is 0 Å². The third-order valence-corrected chi connectivity index (χ3v) is 3.63. The lowest BCUT2D eigenvalue weighted by Gasteiger charge is -2.10. The Balaban J connectivity index is 2.09. The van der Waals surface area contributed by atoms with E-state index in [-0.39, 0.29) is 6.10 Å². The average Bonchev–Trinajstić information content (AvgIpc) is 3.07. The largest absolute Gasteiger partial charge is 0.391 e. The monoisotopic (exact) mass is 313 g/mol. The van der Waals surface area contributed by atoms with Crippen LogP contribution in [0.5, 0.6) is 0 Å². The minimum atomic E-state index is 0.0476. The number of nitrogens with zero attached hydrogens (tertiary/aromatic N) is 3. The normalized spacial score (nSPS) is 11.9. The summed E-state index contributed by atoms with van der Waals surface area (Å²) in [5.41, 5.74) is 2.40. The maximum absolute atomic E-state index is 5.44. The maximum atomic E-state index is 5.44. The Morgan fingerprint density at radius 1 is 1.17 bits per heavy atom. The van der Waals surface area contributed by atoms with Gasteiger partial charge in [-0.3, -0.25) is 4.57 Å². The molecule has 0 atom stereocenters. The molecule has 0 N–H and O–H groups in total. The first-order valence-corrected chi connectivity index (χ1v) is 8.52. The van der Waals surface area contributed by atoms with Crippen LogP contribution in [0.15, 0.2) is 48.1 Å². The van der Waals surface area contributed by atoms with Crippen molar-refractivity contribution in [2.24, 2.45) is 5.16 Å². The molecule has 0 aliphatic carbocycles. The van der Waals surface area contributed by atoms with Gasteiger partial charge in [-0.15, -0.1) is 0 Å². The first kappa shape index (κ1) is 17.3. The minimum Gasteiger partial charge on any atom is -0.391 e. The second kappa shape index (κ2) is 9.13. The van der Waals surface area contributed by atoms with Crippen LogP contribution in [0.25, 0.3) is 0 Å². The van der Waals surface area contributed by atoms with Crippen molar-refractivity contribution in [2.45, 2.75) is 59.0 Å². The molecule has 0 amide bonds. The first-order valence-electron chi connectivity index (χ1n) is 8.52. The predicted octanol–water partition coefficient (Wildman–Crippen LogP) is 4.64. The van der Waals surface area contributed by atoms with Crippen LogP contribution in [-0.2, 0) is 11.3 Å². The number of aryl methyl sites for hydroxylation is 1. The Morgan fingerprint density at radius 2 is 1.96 bits per heavy atom. The first-order chi connectivity index (χ1) is 11.2. The van der Waals surface area contributed by atoms with Crippen LogP contribution < -0.4 is 0 Å². The molecule has 2 rings (SSSR count).